The van der Waals surface area contributed by atoms with Gasteiger partial charge in [-0.2, -0.15) is 0 Å². The molecule has 3 nitrogen and oxygen atoms in total. The van der Waals surface area contributed by atoms with E-state index < -0.39 is 18.9 Å². The molecule has 80 valence electrons. The molecule has 0 bridgehead atoms. The van der Waals surface area contributed by atoms with Crippen LogP contribution < -0.4 is 5.32 Å². The van der Waals surface area contributed by atoms with Crippen molar-refractivity contribution in [1.29, 1.82) is 0 Å². The molecular formula is C9H7F3N2O. The first kappa shape index (κ1) is 9.82. The van der Waals surface area contributed by atoms with Crippen LogP contribution in [0, 0.1) is 0 Å². The smallest absolute Gasteiger partial charge is 0.307 e. The van der Waals surface area contributed by atoms with Crippen molar-refractivity contribution in [2.75, 3.05) is 5.32 Å². The van der Waals surface area contributed by atoms with E-state index in [0.29, 0.717) is 11.3 Å². The van der Waals surface area contributed by atoms with Gasteiger partial charge in [0.25, 0.3) is 0 Å². The SMILES string of the molecule is O=C1Nc2ccccc2CN1C(F)(F)F. The van der Waals surface area contributed by atoms with Crippen molar-refractivity contribution in [2.45, 2.75) is 12.8 Å². The number of alkyl halides is 3. The van der Waals surface area contributed by atoms with Gasteiger partial charge in [-0.3, -0.25) is 0 Å². The molecule has 1 N–H and O–H groups in total. The molecule has 0 fully saturated rings. The summed E-state index contributed by atoms with van der Waals surface area (Å²) in [6, 6.07) is 5.27. The lowest BCUT2D eigenvalue weighted by molar-refractivity contribution is -0.226. The van der Waals surface area contributed by atoms with E-state index >= 15 is 0 Å². The summed E-state index contributed by atoms with van der Waals surface area (Å²) in [5.74, 6) is 0. The van der Waals surface area contributed by atoms with Crippen LogP contribution in [0.25, 0.3) is 0 Å². The minimum Gasteiger partial charge on any atom is -0.307 e. The van der Waals surface area contributed by atoms with Gasteiger partial charge in [0.05, 0.1) is 6.54 Å². The number of nitrogens with zero attached hydrogens (tertiary/aromatic N) is 1. The lowest BCUT2D eigenvalue weighted by atomic mass is 10.1. The molecule has 15 heavy (non-hydrogen) atoms. The van der Waals surface area contributed by atoms with Crippen LogP contribution in [0.5, 0.6) is 0 Å². The Balaban J connectivity index is 2.34. The highest BCUT2D eigenvalue weighted by Crippen LogP contribution is 2.30. The Labute approximate surface area is 83.5 Å². The summed E-state index contributed by atoms with van der Waals surface area (Å²) < 4.78 is 37.1. The zero-order chi connectivity index (χ0) is 11.1. The maximum Gasteiger partial charge on any atom is 0.488 e. The summed E-state index contributed by atoms with van der Waals surface area (Å²) in [6.07, 6.45) is -4.64. The number of hydrogen-bond donors (Lipinski definition) is 1. The summed E-state index contributed by atoms with van der Waals surface area (Å²) in [7, 11) is 0. The third-order valence-corrected chi connectivity index (χ3v) is 2.14. The molecule has 1 aromatic carbocycles. The quantitative estimate of drug-likeness (QED) is 0.664. The normalized spacial score (nSPS) is 15.9. The van der Waals surface area contributed by atoms with Gasteiger partial charge < -0.3 is 5.32 Å². The van der Waals surface area contributed by atoms with Crippen LogP contribution >= 0.6 is 0 Å². The van der Waals surface area contributed by atoms with E-state index in [1.807, 2.05) is 0 Å². The molecule has 0 radical (unpaired) electrons. The molecule has 0 saturated carbocycles. The number of para-hydroxylation sites is 1. The topological polar surface area (TPSA) is 32.3 Å². The van der Waals surface area contributed by atoms with Crippen molar-refractivity contribution in [1.82, 2.24) is 4.90 Å². The molecule has 2 amide bonds. The van der Waals surface area contributed by atoms with E-state index in [1.165, 1.54) is 0 Å². The Morgan fingerprint density at radius 3 is 2.60 bits per heavy atom. The Kier molecular flexibility index (Phi) is 2.06. The Morgan fingerprint density at radius 2 is 1.93 bits per heavy atom. The average molecular weight is 216 g/mol. The number of amides is 2. The number of carbonyl (C=O) groups excluding carboxylic acids is 1. The molecule has 0 saturated heterocycles. The molecule has 1 aromatic rings. The highest BCUT2D eigenvalue weighted by atomic mass is 19.4. The maximum absolute atomic E-state index is 12.4. The molecule has 0 aromatic heterocycles. The standard InChI is InChI=1S/C9H7F3N2O/c10-9(11,12)14-5-6-3-1-2-4-7(6)13-8(14)15/h1-4H,5H2,(H,13,15). The lowest BCUT2D eigenvalue weighted by Gasteiger charge is -2.30. The summed E-state index contributed by atoms with van der Waals surface area (Å²) in [6.45, 7) is -0.439. The number of nitrogens with one attached hydrogen (secondary N) is 1. The van der Waals surface area contributed by atoms with E-state index in [-0.39, 0.29) is 4.90 Å². The Morgan fingerprint density at radius 1 is 1.27 bits per heavy atom. The van der Waals surface area contributed by atoms with Gasteiger partial charge in [0, 0.05) is 5.69 Å². The van der Waals surface area contributed by atoms with Crippen molar-refractivity contribution in [3.63, 3.8) is 0 Å². The largest absolute Gasteiger partial charge is 0.488 e. The fourth-order valence-corrected chi connectivity index (χ4v) is 1.41. The minimum absolute atomic E-state index is 0.157. The first-order valence-electron chi connectivity index (χ1n) is 4.22. The fraction of sp³-hybridized carbons (Fsp3) is 0.222. The van der Waals surface area contributed by atoms with Gasteiger partial charge in [-0.25, -0.2) is 9.69 Å². The van der Waals surface area contributed by atoms with Crippen LogP contribution in [0.2, 0.25) is 0 Å². The molecule has 0 atom stereocenters. The van der Waals surface area contributed by atoms with E-state index in [0.717, 1.165) is 0 Å². The summed E-state index contributed by atoms with van der Waals surface area (Å²) in [4.78, 5) is 10.9. The number of fused-ring (bicyclic) bond motifs is 1. The zero-order valence-electron chi connectivity index (χ0n) is 7.51. The van der Waals surface area contributed by atoms with Crippen LogP contribution in [-0.2, 0) is 6.54 Å². The molecule has 1 heterocycles. The molecule has 0 unspecified atom stereocenters. The number of benzene rings is 1. The first-order chi connectivity index (χ1) is 6.98. The van der Waals surface area contributed by atoms with Crippen molar-refractivity contribution < 1.29 is 18.0 Å². The zero-order valence-corrected chi connectivity index (χ0v) is 7.51. The van der Waals surface area contributed by atoms with Gasteiger partial charge in [-0.15, -0.1) is 13.2 Å². The molecule has 1 aliphatic rings. The van der Waals surface area contributed by atoms with E-state index in [9.17, 15) is 18.0 Å². The molecular weight excluding hydrogens is 209 g/mol. The minimum atomic E-state index is -4.64. The predicted octanol–water partition coefficient (Wildman–Crippen LogP) is 2.55. The van der Waals surface area contributed by atoms with Crippen molar-refractivity contribution >= 4 is 11.7 Å². The molecule has 2 rings (SSSR count). The number of halogens is 3. The van der Waals surface area contributed by atoms with Gasteiger partial charge in [-0.1, -0.05) is 18.2 Å². The molecule has 6 heteroatoms. The maximum atomic E-state index is 12.4. The summed E-state index contributed by atoms with van der Waals surface area (Å²) >= 11 is 0. The van der Waals surface area contributed by atoms with Crippen LogP contribution in [0.1, 0.15) is 5.56 Å². The monoisotopic (exact) mass is 216 g/mol. The van der Waals surface area contributed by atoms with Crippen molar-refractivity contribution in [3.8, 4) is 0 Å². The number of carbonyl (C=O) groups is 1. The summed E-state index contributed by atoms with van der Waals surface area (Å²) in [5, 5.41) is 2.18. The van der Waals surface area contributed by atoms with Gasteiger partial charge in [-0.05, 0) is 11.6 Å². The van der Waals surface area contributed by atoms with Gasteiger partial charge in [0.15, 0.2) is 0 Å². The molecule has 1 aliphatic heterocycles. The van der Waals surface area contributed by atoms with E-state index in [4.69, 9.17) is 0 Å². The third-order valence-electron chi connectivity index (χ3n) is 2.14. The van der Waals surface area contributed by atoms with E-state index in [2.05, 4.69) is 5.32 Å². The number of urea groups is 1. The second-order valence-corrected chi connectivity index (χ2v) is 3.14. The average Bonchev–Trinajstić information content (AvgIpc) is 2.15. The van der Waals surface area contributed by atoms with Crippen LogP contribution in [-0.4, -0.2) is 17.2 Å². The van der Waals surface area contributed by atoms with Gasteiger partial charge in [0.1, 0.15) is 0 Å². The number of rotatable bonds is 0. The van der Waals surface area contributed by atoms with Crippen molar-refractivity contribution in [2.24, 2.45) is 0 Å². The van der Waals surface area contributed by atoms with Gasteiger partial charge in [0.2, 0.25) is 0 Å². The third kappa shape index (κ3) is 1.74. The number of anilines is 1. The first-order valence-corrected chi connectivity index (χ1v) is 4.22. The van der Waals surface area contributed by atoms with Crippen LogP contribution in [0.3, 0.4) is 0 Å². The highest BCUT2D eigenvalue weighted by Gasteiger charge is 2.43. The van der Waals surface area contributed by atoms with Crippen molar-refractivity contribution in [3.05, 3.63) is 29.8 Å². The Bertz CT molecular complexity index is 403. The Hall–Kier alpha value is -1.72. The predicted molar refractivity (Wildman–Crippen MR) is 47.1 cm³/mol. The molecule has 0 spiro atoms. The number of hydrogen-bond acceptors (Lipinski definition) is 1. The highest BCUT2D eigenvalue weighted by molar-refractivity contribution is 5.92. The lowest BCUT2D eigenvalue weighted by Crippen LogP contribution is -2.47. The fourth-order valence-electron chi connectivity index (χ4n) is 1.41. The summed E-state index contributed by atoms with van der Waals surface area (Å²) in [5.41, 5.74) is 0.887. The van der Waals surface area contributed by atoms with Crippen LogP contribution in [0.4, 0.5) is 23.7 Å². The molecule has 0 aliphatic carbocycles. The second kappa shape index (κ2) is 3.15. The van der Waals surface area contributed by atoms with E-state index in [1.54, 1.807) is 24.3 Å². The van der Waals surface area contributed by atoms with Crippen LogP contribution in [0.15, 0.2) is 24.3 Å². The second-order valence-electron chi connectivity index (χ2n) is 3.14. The van der Waals surface area contributed by atoms with Gasteiger partial charge >= 0.3 is 12.3 Å².